The minimum atomic E-state index is -0.329. The van der Waals surface area contributed by atoms with Crippen LogP contribution in [-0.2, 0) is 19.1 Å². The van der Waals surface area contributed by atoms with Gasteiger partial charge in [-0.25, -0.2) is 0 Å². The zero-order chi connectivity index (χ0) is 18.9. The predicted molar refractivity (Wildman–Crippen MR) is 96.9 cm³/mol. The monoisotopic (exact) mass is 362 g/mol. The predicted octanol–water partition coefficient (Wildman–Crippen LogP) is 2.22. The second kappa shape index (κ2) is 9.91. The quantitative estimate of drug-likeness (QED) is 0.717. The zero-order valence-electron chi connectivity index (χ0n) is 15.3. The molecule has 2 rings (SSSR count). The van der Waals surface area contributed by atoms with E-state index in [2.05, 4.69) is 5.32 Å². The van der Waals surface area contributed by atoms with Gasteiger partial charge in [-0.3, -0.25) is 14.4 Å². The third-order valence-electron chi connectivity index (χ3n) is 4.06. The lowest BCUT2D eigenvalue weighted by molar-refractivity contribution is -0.143. The van der Waals surface area contributed by atoms with Crippen molar-refractivity contribution in [1.82, 2.24) is 4.90 Å². The summed E-state index contributed by atoms with van der Waals surface area (Å²) in [6, 6.07) is 6.77. The van der Waals surface area contributed by atoms with Crippen LogP contribution >= 0.6 is 0 Å². The van der Waals surface area contributed by atoms with Crippen LogP contribution in [0, 0.1) is 0 Å². The topological polar surface area (TPSA) is 84.9 Å². The largest absolute Gasteiger partial charge is 0.466 e. The Morgan fingerprint density at radius 2 is 2.15 bits per heavy atom. The number of rotatable bonds is 8. The molecule has 0 spiro atoms. The first-order valence-electron chi connectivity index (χ1n) is 8.93. The molecule has 1 aromatic rings. The highest BCUT2D eigenvalue weighted by molar-refractivity contribution is 5.97. The molecule has 1 fully saturated rings. The van der Waals surface area contributed by atoms with Crippen LogP contribution in [0.4, 0.5) is 5.69 Å². The molecule has 1 saturated heterocycles. The normalized spacial score (nSPS) is 16.2. The standard InChI is InChI=1S/C19H26N2O5/c1-3-25-18(23)9-10-21(13-17-8-5-11-26-17)19(24)15-6-4-7-16(12-15)20-14(2)22/h4,6-7,12,17H,3,5,8-11,13H2,1-2H3,(H,20,22). The number of ether oxygens (including phenoxy) is 2. The van der Waals surface area contributed by atoms with Gasteiger partial charge in [0.05, 0.1) is 19.1 Å². The van der Waals surface area contributed by atoms with E-state index in [1.54, 1.807) is 36.1 Å². The molecule has 26 heavy (non-hydrogen) atoms. The summed E-state index contributed by atoms with van der Waals surface area (Å²) < 4.78 is 10.6. The number of hydrogen-bond acceptors (Lipinski definition) is 5. The van der Waals surface area contributed by atoms with Gasteiger partial charge >= 0.3 is 5.97 Å². The molecule has 1 aliphatic heterocycles. The molecular formula is C19H26N2O5. The van der Waals surface area contributed by atoms with Gasteiger partial charge in [0.1, 0.15) is 0 Å². The lowest BCUT2D eigenvalue weighted by atomic mass is 10.1. The smallest absolute Gasteiger partial charge is 0.307 e. The van der Waals surface area contributed by atoms with Crippen LogP contribution in [0.15, 0.2) is 24.3 Å². The second-order valence-electron chi connectivity index (χ2n) is 6.20. The van der Waals surface area contributed by atoms with E-state index < -0.39 is 0 Å². The molecule has 1 heterocycles. The Hall–Kier alpha value is -2.41. The number of nitrogens with zero attached hydrogens (tertiary/aromatic N) is 1. The van der Waals surface area contributed by atoms with Crippen LogP contribution in [0.1, 0.15) is 43.5 Å². The molecule has 2 amide bonds. The summed E-state index contributed by atoms with van der Waals surface area (Å²) in [5.41, 5.74) is 1.02. The lowest BCUT2D eigenvalue weighted by Gasteiger charge is -2.25. The summed E-state index contributed by atoms with van der Waals surface area (Å²) in [6.45, 7) is 4.88. The third-order valence-corrected chi connectivity index (χ3v) is 4.06. The van der Waals surface area contributed by atoms with Gasteiger partial charge in [0.2, 0.25) is 5.91 Å². The fraction of sp³-hybridized carbons (Fsp3) is 0.526. The highest BCUT2D eigenvalue weighted by Gasteiger charge is 2.24. The molecule has 0 aromatic heterocycles. The van der Waals surface area contributed by atoms with Gasteiger partial charge in [-0.15, -0.1) is 0 Å². The van der Waals surface area contributed by atoms with Gasteiger partial charge in [-0.05, 0) is 38.0 Å². The molecule has 0 radical (unpaired) electrons. The summed E-state index contributed by atoms with van der Waals surface area (Å²) in [6.07, 6.45) is 2.00. The lowest BCUT2D eigenvalue weighted by Crippen LogP contribution is -2.39. The maximum atomic E-state index is 12.9. The molecular weight excluding hydrogens is 336 g/mol. The maximum absolute atomic E-state index is 12.9. The van der Waals surface area contributed by atoms with Crippen LogP contribution in [0.3, 0.4) is 0 Å². The van der Waals surface area contributed by atoms with Crippen molar-refractivity contribution in [3.63, 3.8) is 0 Å². The van der Waals surface area contributed by atoms with Crippen LogP contribution in [0.5, 0.6) is 0 Å². The number of amides is 2. The van der Waals surface area contributed by atoms with Gasteiger partial charge in [0.25, 0.3) is 5.91 Å². The van der Waals surface area contributed by atoms with Crippen molar-refractivity contribution in [2.75, 3.05) is 31.6 Å². The number of anilines is 1. The Bertz CT molecular complexity index is 641. The summed E-state index contributed by atoms with van der Waals surface area (Å²) >= 11 is 0. The van der Waals surface area contributed by atoms with Crippen LogP contribution < -0.4 is 5.32 Å². The molecule has 0 bridgehead atoms. The van der Waals surface area contributed by atoms with Gasteiger partial charge in [-0.1, -0.05) is 6.07 Å². The molecule has 7 nitrogen and oxygen atoms in total. The van der Waals surface area contributed by atoms with E-state index in [0.717, 1.165) is 12.8 Å². The SMILES string of the molecule is CCOC(=O)CCN(CC1CCCO1)C(=O)c1cccc(NC(C)=O)c1. The Morgan fingerprint density at radius 1 is 1.35 bits per heavy atom. The van der Waals surface area contributed by atoms with E-state index >= 15 is 0 Å². The van der Waals surface area contributed by atoms with Crippen molar-refractivity contribution in [3.05, 3.63) is 29.8 Å². The van der Waals surface area contributed by atoms with Crippen molar-refractivity contribution in [2.24, 2.45) is 0 Å². The molecule has 1 atom stereocenters. The van der Waals surface area contributed by atoms with Crippen LogP contribution in [-0.4, -0.2) is 55.1 Å². The minimum Gasteiger partial charge on any atom is -0.466 e. The summed E-state index contributed by atoms with van der Waals surface area (Å²) in [4.78, 5) is 37.5. The van der Waals surface area contributed by atoms with Gasteiger partial charge < -0.3 is 19.7 Å². The van der Waals surface area contributed by atoms with E-state index in [9.17, 15) is 14.4 Å². The average Bonchev–Trinajstić information content (AvgIpc) is 3.11. The van der Waals surface area contributed by atoms with E-state index in [1.807, 2.05) is 0 Å². The Kier molecular flexibility index (Phi) is 7.59. The molecule has 142 valence electrons. The van der Waals surface area contributed by atoms with Gasteiger partial charge in [-0.2, -0.15) is 0 Å². The summed E-state index contributed by atoms with van der Waals surface area (Å²) in [5, 5.41) is 2.67. The molecule has 1 unspecified atom stereocenters. The van der Waals surface area contributed by atoms with E-state index in [4.69, 9.17) is 9.47 Å². The fourth-order valence-corrected chi connectivity index (χ4v) is 2.89. The first-order valence-corrected chi connectivity index (χ1v) is 8.93. The second-order valence-corrected chi connectivity index (χ2v) is 6.20. The Morgan fingerprint density at radius 3 is 2.81 bits per heavy atom. The number of carbonyl (C=O) groups is 3. The molecule has 1 aliphatic rings. The minimum absolute atomic E-state index is 0.0142. The number of esters is 1. The maximum Gasteiger partial charge on any atom is 0.307 e. The third kappa shape index (κ3) is 6.15. The number of carbonyl (C=O) groups excluding carboxylic acids is 3. The van der Waals surface area contributed by atoms with Crippen LogP contribution in [0.2, 0.25) is 0 Å². The highest BCUT2D eigenvalue weighted by atomic mass is 16.5. The molecule has 0 saturated carbocycles. The van der Waals surface area contributed by atoms with E-state index in [0.29, 0.717) is 31.0 Å². The van der Waals surface area contributed by atoms with Crippen molar-refractivity contribution in [1.29, 1.82) is 0 Å². The van der Waals surface area contributed by atoms with Gasteiger partial charge in [0.15, 0.2) is 0 Å². The highest BCUT2D eigenvalue weighted by Crippen LogP contribution is 2.17. The first kappa shape index (κ1) is 19.9. The number of benzene rings is 1. The van der Waals surface area contributed by atoms with E-state index in [-0.39, 0.29) is 36.9 Å². The first-order chi connectivity index (χ1) is 12.5. The zero-order valence-corrected chi connectivity index (χ0v) is 15.3. The molecule has 1 aromatic carbocycles. The molecule has 0 aliphatic carbocycles. The van der Waals surface area contributed by atoms with Crippen LogP contribution in [0.25, 0.3) is 0 Å². The van der Waals surface area contributed by atoms with Crippen molar-refractivity contribution < 1.29 is 23.9 Å². The summed E-state index contributed by atoms with van der Waals surface area (Å²) in [5.74, 6) is -0.727. The Labute approximate surface area is 153 Å². The van der Waals surface area contributed by atoms with Crippen molar-refractivity contribution >= 4 is 23.5 Å². The molecule has 1 N–H and O–H groups in total. The van der Waals surface area contributed by atoms with Gasteiger partial charge in [0, 0.05) is 37.9 Å². The van der Waals surface area contributed by atoms with E-state index in [1.165, 1.54) is 6.92 Å². The number of nitrogens with one attached hydrogen (secondary N) is 1. The average molecular weight is 362 g/mol. The fourth-order valence-electron chi connectivity index (χ4n) is 2.89. The summed E-state index contributed by atoms with van der Waals surface area (Å²) in [7, 11) is 0. The number of hydrogen-bond donors (Lipinski definition) is 1. The molecule has 7 heteroatoms. The van der Waals surface area contributed by atoms with Crippen molar-refractivity contribution in [2.45, 2.75) is 39.2 Å². The Balaban J connectivity index is 2.10. The van der Waals surface area contributed by atoms with Crippen molar-refractivity contribution in [3.8, 4) is 0 Å².